The summed E-state index contributed by atoms with van der Waals surface area (Å²) in [7, 11) is 6.74. The number of rotatable bonds is 7. The van der Waals surface area contributed by atoms with Gasteiger partial charge in [-0.05, 0) is 59.0 Å². The van der Waals surface area contributed by atoms with E-state index in [1.165, 1.54) is 0 Å². The molecule has 0 spiro atoms. The van der Waals surface area contributed by atoms with Gasteiger partial charge in [-0.15, -0.1) is 0 Å². The molecule has 1 aliphatic carbocycles. The Balaban J connectivity index is 0. The summed E-state index contributed by atoms with van der Waals surface area (Å²) in [5.74, 6) is 0.808. The molecular formula is C23H43NO4. The fourth-order valence-electron chi connectivity index (χ4n) is 3.17. The number of aliphatic hydroxyl groups excluding tert-OH is 1. The Morgan fingerprint density at radius 1 is 1.25 bits per heavy atom. The maximum atomic E-state index is 7.57. The zero-order chi connectivity index (χ0) is 22.0. The highest BCUT2D eigenvalue weighted by atomic mass is 16.5. The van der Waals surface area contributed by atoms with Crippen molar-refractivity contribution < 1.29 is 19.3 Å². The second-order valence-corrected chi connectivity index (χ2v) is 6.72. The quantitative estimate of drug-likeness (QED) is 0.375. The van der Waals surface area contributed by atoms with E-state index >= 15 is 0 Å². The molecule has 1 rings (SSSR count). The molecule has 164 valence electrons. The van der Waals surface area contributed by atoms with Crippen molar-refractivity contribution in [1.82, 2.24) is 0 Å². The van der Waals surface area contributed by atoms with Gasteiger partial charge in [0, 0.05) is 39.7 Å². The Hall–Kier alpha value is -1.39. The zero-order valence-electron chi connectivity index (χ0n) is 19.4. The summed E-state index contributed by atoms with van der Waals surface area (Å²) >= 11 is 0. The van der Waals surface area contributed by atoms with E-state index in [2.05, 4.69) is 43.0 Å². The Morgan fingerprint density at radius 2 is 1.75 bits per heavy atom. The van der Waals surface area contributed by atoms with E-state index in [1.807, 2.05) is 6.92 Å². The Morgan fingerprint density at radius 3 is 2.07 bits per heavy atom. The lowest BCUT2D eigenvalue weighted by atomic mass is 9.68. The molecule has 5 nitrogen and oxygen atoms in total. The van der Waals surface area contributed by atoms with Crippen molar-refractivity contribution >= 4 is 5.71 Å². The number of nitrogens with zero attached hydrogens (tertiary/aromatic N) is 1. The number of hydrogen-bond donors (Lipinski definition) is 1. The first kappa shape index (κ1) is 28.8. The molecule has 1 fully saturated rings. The molecule has 1 saturated carbocycles. The molecule has 0 heterocycles. The maximum absolute atomic E-state index is 7.57. The van der Waals surface area contributed by atoms with Gasteiger partial charge >= 0.3 is 0 Å². The van der Waals surface area contributed by atoms with Gasteiger partial charge in [-0.25, -0.2) is 0 Å². The van der Waals surface area contributed by atoms with Crippen LogP contribution in [0.25, 0.3) is 0 Å². The average Bonchev–Trinajstić information content (AvgIpc) is 2.70. The monoisotopic (exact) mass is 397 g/mol. The average molecular weight is 398 g/mol. The van der Waals surface area contributed by atoms with E-state index < -0.39 is 0 Å². The van der Waals surface area contributed by atoms with Gasteiger partial charge in [0.1, 0.15) is 5.76 Å². The second kappa shape index (κ2) is 17.7. The molecule has 1 atom stereocenters. The van der Waals surface area contributed by atoms with Crippen molar-refractivity contribution in [3.8, 4) is 0 Å². The molecule has 0 aromatic heterocycles. The summed E-state index contributed by atoms with van der Waals surface area (Å²) in [4.78, 5) is 4.97. The van der Waals surface area contributed by atoms with Crippen LogP contribution in [0, 0.1) is 5.41 Å². The van der Waals surface area contributed by atoms with E-state index in [-0.39, 0.29) is 12.0 Å². The highest BCUT2D eigenvalue weighted by molar-refractivity contribution is 6.01. The standard InChI is InChI=1S/C19H31NO2.2C2H6O/c1-7-10-17(20-15(4)8-2)19(18(9-3)22-6)13-11-16(21-5)12-14-19;1-3-2;1-2-3/h7,10,15-16H,3,8,11-14H2,1-2,4-6H3;1-2H3;3H,2H2,1H3/b10-7-,20-17?;;. The third-order valence-electron chi connectivity index (χ3n) is 4.68. The first-order chi connectivity index (χ1) is 13.4. The third kappa shape index (κ3) is 9.70. The molecule has 0 radical (unpaired) electrons. The summed E-state index contributed by atoms with van der Waals surface area (Å²) in [6.07, 6.45) is 9.44. The maximum Gasteiger partial charge on any atom is 0.149 e. The molecule has 5 heteroatoms. The molecule has 1 N–H and O–H groups in total. The summed E-state index contributed by atoms with van der Waals surface area (Å²) in [5.41, 5.74) is 3.88. The highest BCUT2D eigenvalue weighted by Crippen LogP contribution is 2.45. The van der Waals surface area contributed by atoms with Crippen molar-refractivity contribution in [2.45, 2.75) is 71.9 Å². The fraction of sp³-hybridized carbons (Fsp3) is 0.739. The molecule has 28 heavy (non-hydrogen) atoms. The topological polar surface area (TPSA) is 60.3 Å². The smallest absolute Gasteiger partial charge is 0.149 e. The first-order valence-electron chi connectivity index (χ1n) is 10.1. The van der Waals surface area contributed by atoms with Crippen LogP contribution in [-0.4, -0.2) is 58.0 Å². The SMILES string of the molecule is C=C=C(OC)C1(C(/C=C\C)=NC(C)CC)CCC(OC)CC1.CCO.COC. The highest BCUT2D eigenvalue weighted by Gasteiger charge is 2.43. The molecule has 0 aliphatic heterocycles. The number of aliphatic imine (C=N–C) groups is 1. The lowest BCUT2D eigenvalue weighted by Gasteiger charge is -2.40. The number of aliphatic hydroxyl groups is 1. The number of methoxy groups -OCH3 is 3. The van der Waals surface area contributed by atoms with Gasteiger partial charge in [0.25, 0.3) is 0 Å². The van der Waals surface area contributed by atoms with Gasteiger partial charge < -0.3 is 19.3 Å². The molecule has 1 aliphatic rings. The summed E-state index contributed by atoms with van der Waals surface area (Å²) in [6.45, 7) is 12.1. The summed E-state index contributed by atoms with van der Waals surface area (Å²) < 4.78 is 15.4. The lowest BCUT2D eigenvalue weighted by Crippen LogP contribution is -2.39. The fourth-order valence-corrected chi connectivity index (χ4v) is 3.17. The van der Waals surface area contributed by atoms with Gasteiger partial charge in [-0.3, -0.25) is 4.99 Å². The zero-order valence-corrected chi connectivity index (χ0v) is 19.4. The molecule has 0 amide bonds. The Kier molecular flexibility index (Phi) is 18.2. The van der Waals surface area contributed by atoms with Crippen molar-refractivity contribution in [1.29, 1.82) is 0 Å². The van der Waals surface area contributed by atoms with E-state index in [9.17, 15) is 0 Å². The van der Waals surface area contributed by atoms with Crippen LogP contribution in [0.1, 0.15) is 59.8 Å². The molecule has 0 aromatic carbocycles. The molecule has 0 saturated heterocycles. The van der Waals surface area contributed by atoms with Crippen LogP contribution < -0.4 is 0 Å². The lowest BCUT2D eigenvalue weighted by molar-refractivity contribution is 0.0412. The van der Waals surface area contributed by atoms with Gasteiger partial charge in [-0.1, -0.05) is 25.3 Å². The predicted molar refractivity (Wildman–Crippen MR) is 119 cm³/mol. The van der Waals surface area contributed by atoms with Gasteiger partial charge in [0.15, 0.2) is 0 Å². The van der Waals surface area contributed by atoms with Crippen LogP contribution in [0.5, 0.6) is 0 Å². The van der Waals surface area contributed by atoms with Crippen molar-refractivity contribution in [2.24, 2.45) is 10.4 Å². The number of ether oxygens (including phenoxy) is 3. The minimum atomic E-state index is -0.221. The third-order valence-corrected chi connectivity index (χ3v) is 4.68. The Labute approximate surface area is 173 Å². The minimum Gasteiger partial charge on any atom is -0.492 e. The van der Waals surface area contributed by atoms with Crippen molar-refractivity contribution in [2.75, 3.05) is 35.0 Å². The minimum absolute atomic E-state index is 0.221. The number of allylic oxidation sites excluding steroid dienone is 3. The van der Waals surface area contributed by atoms with E-state index in [0.717, 1.165) is 43.6 Å². The largest absolute Gasteiger partial charge is 0.492 e. The molecule has 0 aromatic rings. The first-order valence-corrected chi connectivity index (χ1v) is 10.1. The van der Waals surface area contributed by atoms with Crippen LogP contribution in [-0.2, 0) is 14.2 Å². The molecule has 0 bridgehead atoms. The van der Waals surface area contributed by atoms with Crippen LogP contribution >= 0.6 is 0 Å². The second-order valence-electron chi connectivity index (χ2n) is 6.72. The van der Waals surface area contributed by atoms with Crippen LogP contribution in [0.2, 0.25) is 0 Å². The summed E-state index contributed by atoms with van der Waals surface area (Å²) in [5, 5.41) is 7.57. The van der Waals surface area contributed by atoms with Crippen LogP contribution in [0.3, 0.4) is 0 Å². The molecular weight excluding hydrogens is 354 g/mol. The van der Waals surface area contributed by atoms with E-state index in [4.69, 9.17) is 19.6 Å². The van der Waals surface area contributed by atoms with Gasteiger partial charge in [-0.2, -0.15) is 0 Å². The van der Waals surface area contributed by atoms with Gasteiger partial charge in [0.05, 0.1) is 18.6 Å². The van der Waals surface area contributed by atoms with E-state index in [1.54, 1.807) is 35.4 Å². The summed E-state index contributed by atoms with van der Waals surface area (Å²) in [6, 6.07) is 0.297. The number of hydrogen-bond acceptors (Lipinski definition) is 5. The van der Waals surface area contributed by atoms with Crippen LogP contribution in [0.15, 0.2) is 35.2 Å². The van der Waals surface area contributed by atoms with Crippen molar-refractivity contribution in [3.05, 3.63) is 30.2 Å². The Bertz CT molecular complexity index is 483. The van der Waals surface area contributed by atoms with Gasteiger partial charge in [0.2, 0.25) is 0 Å². The van der Waals surface area contributed by atoms with Crippen molar-refractivity contribution in [3.63, 3.8) is 0 Å². The normalized spacial score (nSPS) is 22.9. The van der Waals surface area contributed by atoms with E-state index in [0.29, 0.717) is 12.1 Å². The predicted octanol–water partition coefficient (Wildman–Crippen LogP) is 4.95. The van der Waals surface area contributed by atoms with Crippen LogP contribution in [0.4, 0.5) is 0 Å². The molecule has 1 unspecified atom stereocenters.